The zero-order valence-electron chi connectivity index (χ0n) is 11.0. The minimum Gasteiger partial charge on any atom is -0.397 e. The molecule has 0 saturated heterocycles. The Morgan fingerprint density at radius 1 is 1.25 bits per heavy atom. The van der Waals surface area contributed by atoms with Gasteiger partial charge in [0.2, 0.25) is 5.03 Å². The molecule has 0 atom stereocenters. The summed E-state index contributed by atoms with van der Waals surface area (Å²) in [5.41, 5.74) is 8.06. The Balaban J connectivity index is 2.44. The number of rotatable bonds is 3. The Kier molecular flexibility index (Phi) is 3.63. The van der Waals surface area contributed by atoms with Crippen molar-refractivity contribution in [2.24, 2.45) is 0 Å². The topological polar surface area (TPSA) is 85.1 Å². The first-order chi connectivity index (χ1) is 9.31. The van der Waals surface area contributed by atoms with Crippen LogP contribution in [0.3, 0.4) is 0 Å². The standard InChI is InChI=1S/C13H14FN3O2S/c1-8-6-11(15)12(7-9(8)2)17-20(18,19)13-10(14)4-3-5-16-13/h3-7,17H,15H2,1-2H3. The fourth-order valence-electron chi connectivity index (χ4n) is 1.69. The molecule has 0 spiro atoms. The number of halogens is 1. The van der Waals surface area contributed by atoms with Crippen LogP contribution < -0.4 is 10.5 Å². The van der Waals surface area contributed by atoms with Crippen LogP contribution in [0.5, 0.6) is 0 Å². The molecule has 0 unspecified atom stereocenters. The number of nitrogens with one attached hydrogen (secondary N) is 1. The summed E-state index contributed by atoms with van der Waals surface area (Å²) in [5.74, 6) is -0.914. The van der Waals surface area contributed by atoms with E-state index in [1.807, 2.05) is 13.8 Å². The van der Waals surface area contributed by atoms with Gasteiger partial charge in [-0.3, -0.25) is 4.72 Å². The number of hydrogen-bond donors (Lipinski definition) is 2. The van der Waals surface area contributed by atoms with Gasteiger partial charge in [0, 0.05) is 6.20 Å². The average Bonchev–Trinajstić information content (AvgIpc) is 2.36. The van der Waals surface area contributed by atoms with Crippen molar-refractivity contribution in [2.75, 3.05) is 10.5 Å². The van der Waals surface area contributed by atoms with Crippen molar-refractivity contribution in [1.82, 2.24) is 4.98 Å². The second kappa shape index (κ2) is 5.09. The number of benzene rings is 1. The van der Waals surface area contributed by atoms with E-state index in [4.69, 9.17) is 5.73 Å². The molecule has 0 amide bonds. The molecule has 0 aliphatic rings. The van der Waals surface area contributed by atoms with E-state index in [1.165, 1.54) is 12.3 Å². The molecular weight excluding hydrogens is 281 g/mol. The predicted octanol–water partition coefficient (Wildman–Crippen LogP) is 2.22. The van der Waals surface area contributed by atoms with Gasteiger partial charge in [-0.2, -0.15) is 8.42 Å². The lowest BCUT2D eigenvalue weighted by Gasteiger charge is -2.12. The van der Waals surface area contributed by atoms with Gasteiger partial charge in [-0.25, -0.2) is 9.37 Å². The van der Waals surface area contributed by atoms with Crippen LogP contribution >= 0.6 is 0 Å². The number of pyridine rings is 1. The maximum absolute atomic E-state index is 13.5. The Morgan fingerprint density at radius 2 is 1.90 bits per heavy atom. The summed E-state index contributed by atoms with van der Waals surface area (Å²) in [6.07, 6.45) is 1.21. The molecule has 0 radical (unpaired) electrons. The number of aromatic nitrogens is 1. The monoisotopic (exact) mass is 295 g/mol. The van der Waals surface area contributed by atoms with Crippen molar-refractivity contribution < 1.29 is 12.8 Å². The van der Waals surface area contributed by atoms with Crippen molar-refractivity contribution in [3.8, 4) is 0 Å². The van der Waals surface area contributed by atoms with E-state index in [1.54, 1.807) is 12.1 Å². The first-order valence-corrected chi connectivity index (χ1v) is 7.29. The van der Waals surface area contributed by atoms with Gasteiger partial charge in [-0.1, -0.05) is 0 Å². The summed E-state index contributed by atoms with van der Waals surface area (Å²) in [6, 6.07) is 5.61. The predicted molar refractivity (Wildman–Crippen MR) is 75.3 cm³/mol. The SMILES string of the molecule is Cc1cc(N)c(NS(=O)(=O)c2ncccc2F)cc1C. The molecule has 0 saturated carbocycles. The van der Waals surface area contributed by atoms with E-state index in [0.29, 0.717) is 0 Å². The highest BCUT2D eigenvalue weighted by molar-refractivity contribution is 7.92. The number of nitrogens with two attached hydrogens (primary N) is 1. The van der Waals surface area contributed by atoms with Crippen LogP contribution in [-0.4, -0.2) is 13.4 Å². The lowest BCUT2D eigenvalue weighted by Crippen LogP contribution is -2.17. The molecule has 0 bridgehead atoms. The molecule has 5 nitrogen and oxygen atoms in total. The number of nitrogens with zero attached hydrogens (tertiary/aromatic N) is 1. The minimum absolute atomic E-state index is 0.207. The summed E-state index contributed by atoms with van der Waals surface area (Å²) in [6.45, 7) is 3.69. The summed E-state index contributed by atoms with van der Waals surface area (Å²) in [4.78, 5) is 3.55. The Bertz CT molecular complexity index is 760. The van der Waals surface area contributed by atoms with Gasteiger partial charge in [-0.05, 0) is 49.2 Å². The van der Waals surface area contributed by atoms with Crippen LogP contribution in [0.25, 0.3) is 0 Å². The number of sulfonamides is 1. The van der Waals surface area contributed by atoms with Gasteiger partial charge in [0.25, 0.3) is 10.0 Å². The van der Waals surface area contributed by atoms with Crippen LogP contribution in [0.2, 0.25) is 0 Å². The van der Waals surface area contributed by atoms with Crippen LogP contribution in [0, 0.1) is 19.7 Å². The number of aryl methyl sites for hydroxylation is 2. The second-order valence-corrected chi connectivity index (χ2v) is 6.02. The maximum Gasteiger partial charge on any atom is 0.282 e. The van der Waals surface area contributed by atoms with Gasteiger partial charge < -0.3 is 5.73 Å². The third-order valence-corrected chi connectivity index (χ3v) is 4.19. The molecule has 1 aromatic carbocycles. The van der Waals surface area contributed by atoms with Gasteiger partial charge in [0.1, 0.15) is 0 Å². The molecule has 7 heteroatoms. The van der Waals surface area contributed by atoms with Crippen LogP contribution in [0.1, 0.15) is 11.1 Å². The number of hydrogen-bond acceptors (Lipinski definition) is 4. The molecule has 3 N–H and O–H groups in total. The fourth-order valence-corrected chi connectivity index (χ4v) is 2.78. The van der Waals surface area contributed by atoms with Crippen LogP contribution in [0.4, 0.5) is 15.8 Å². The highest BCUT2D eigenvalue weighted by Gasteiger charge is 2.21. The fraction of sp³-hybridized carbons (Fsp3) is 0.154. The van der Waals surface area contributed by atoms with Gasteiger partial charge in [0.05, 0.1) is 11.4 Å². The van der Waals surface area contributed by atoms with Gasteiger partial charge >= 0.3 is 0 Å². The molecule has 20 heavy (non-hydrogen) atoms. The first-order valence-electron chi connectivity index (χ1n) is 5.81. The Labute approximate surface area is 116 Å². The summed E-state index contributed by atoms with van der Waals surface area (Å²) in [7, 11) is -4.11. The molecule has 0 fully saturated rings. The molecular formula is C13H14FN3O2S. The Morgan fingerprint density at radius 3 is 2.55 bits per heavy atom. The van der Waals surface area contributed by atoms with Crippen LogP contribution in [-0.2, 0) is 10.0 Å². The van der Waals surface area contributed by atoms with Crippen molar-refractivity contribution in [3.05, 3.63) is 47.4 Å². The van der Waals surface area contributed by atoms with Crippen molar-refractivity contribution in [2.45, 2.75) is 18.9 Å². The summed E-state index contributed by atoms with van der Waals surface area (Å²) in [5, 5.41) is -0.655. The first kappa shape index (κ1) is 14.3. The van der Waals surface area contributed by atoms with Crippen molar-refractivity contribution in [1.29, 1.82) is 0 Å². The van der Waals surface area contributed by atoms with E-state index in [-0.39, 0.29) is 11.4 Å². The molecule has 1 heterocycles. The second-order valence-electron chi connectivity index (χ2n) is 4.42. The quantitative estimate of drug-likeness (QED) is 0.850. The molecule has 106 valence electrons. The molecule has 0 aliphatic heterocycles. The smallest absolute Gasteiger partial charge is 0.282 e. The van der Waals surface area contributed by atoms with E-state index in [2.05, 4.69) is 9.71 Å². The van der Waals surface area contributed by atoms with E-state index >= 15 is 0 Å². The van der Waals surface area contributed by atoms with Crippen LogP contribution in [0.15, 0.2) is 35.5 Å². The number of nitrogen functional groups attached to an aromatic ring is 1. The third-order valence-electron chi connectivity index (χ3n) is 2.89. The van der Waals surface area contributed by atoms with Crippen molar-refractivity contribution in [3.63, 3.8) is 0 Å². The van der Waals surface area contributed by atoms with E-state index in [0.717, 1.165) is 17.2 Å². The third kappa shape index (κ3) is 2.72. The molecule has 1 aromatic heterocycles. The van der Waals surface area contributed by atoms with E-state index < -0.39 is 20.9 Å². The molecule has 2 aromatic rings. The molecule has 0 aliphatic carbocycles. The van der Waals surface area contributed by atoms with Crippen molar-refractivity contribution >= 4 is 21.4 Å². The molecule has 2 rings (SSSR count). The summed E-state index contributed by atoms with van der Waals surface area (Å²) < 4.78 is 40.0. The zero-order valence-corrected chi connectivity index (χ0v) is 11.8. The Hall–Kier alpha value is -2.15. The van der Waals surface area contributed by atoms with E-state index in [9.17, 15) is 12.8 Å². The number of anilines is 2. The lowest BCUT2D eigenvalue weighted by molar-refractivity contribution is 0.557. The largest absolute Gasteiger partial charge is 0.397 e. The maximum atomic E-state index is 13.5. The normalized spacial score (nSPS) is 11.3. The van der Waals surface area contributed by atoms with Gasteiger partial charge in [-0.15, -0.1) is 0 Å². The highest BCUT2D eigenvalue weighted by Crippen LogP contribution is 2.25. The average molecular weight is 295 g/mol. The lowest BCUT2D eigenvalue weighted by atomic mass is 10.1. The highest BCUT2D eigenvalue weighted by atomic mass is 32.2. The summed E-state index contributed by atoms with van der Waals surface area (Å²) >= 11 is 0. The van der Waals surface area contributed by atoms with Gasteiger partial charge in [0.15, 0.2) is 5.82 Å². The zero-order chi connectivity index (χ0) is 14.9. The minimum atomic E-state index is -4.11.